The van der Waals surface area contributed by atoms with Crippen molar-refractivity contribution in [1.29, 1.82) is 0 Å². The predicted molar refractivity (Wildman–Crippen MR) is 101 cm³/mol. The van der Waals surface area contributed by atoms with Crippen LogP contribution in [0.25, 0.3) is 11.4 Å². The number of halogens is 2. The van der Waals surface area contributed by atoms with Crippen molar-refractivity contribution in [2.75, 3.05) is 0 Å². The molecule has 2 aromatic carbocycles. The third-order valence-corrected chi connectivity index (χ3v) is 4.68. The Morgan fingerprint density at radius 1 is 1.07 bits per heavy atom. The van der Waals surface area contributed by atoms with Gasteiger partial charge in [-0.1, -0.05) is 28.5 Å². The Labute approximate surface area is 168 Å². The zero-order valence-corrected chi connectivity index (χ0v) is 15.9. The van der Waals surface area contributed by atoms with Gasteiger partial charge < -0.3 is 9.26 Å². The van der Waals surface area contributed by atoms with Gasteiger partial charge >= 0.3 is 0 Å². The van der Waals surface area contributed by atoms with E-state index in [9.17, 15) is 4.39 Å². The minimum absolute atomic E-state index is 0.254. The maximum atomic E-state index is 13.0. The first-order valence-electron chi connectivity index (χ1n) is 8.17. The Kier molecular flexibility index (Phi) is 5.54. The van der Waals surface area contributed by atoms with E-state index in [2.05, 4.69) is 25.3 Å². The quantitative estimate of drug-likeness (QED) is 0.442. The van der Waals surface area contributed by atoms with E-state index >= 15 is 0 Å². The number of nitrogens with one attached hydrogen (secondary N) is 1. The summed E-state index contributed by atoms with van der Waals surface area (Å²) < 4.78 is 23.8. The van der Waals surface area contributed by atoms with Gasteiger partial charge in [0, 0.05) is 10.6 Å². The highest BCUT2D eigenvalue weighted by atomic mass is 35.5. The molecule has 4 rings (SSSR count). The molecule has 2 aromatic heterocycles. The average Bonchev–Trinajstić information content (AvgIpc) is 3.36. The number of aromatic amines is 1. The van der Waals surface area contributed by atoms with E-state index in [0.29, 0.717) is 44.8 Å². The van der Waals surface area contributed by atoms with Gasteiger partial charge in [-0.2, -0.15) is 4.98 Å². The van der Waals surface area contributed by atoms with Crippen LogP contribution in [0, 0.1) is 5.82 Å². The standard InChI is InChI=1S/C18H13ClFN5O2S/c19-12-3-7-14(8-4-12)26-9-15-21-18(24-23-15)28-10-16-22-17(25-27-16)11-1-5-13(20)6-2-11/h1-8H,9-10H2,(H,21,23,24). The molecule has 2 heterocycles. The van der Waals surface area contributed by atoms with Crippen LogP contribution in [0.15, 0.2) is 58.2 Å². The molecule has 142 valence electrons. The van der Waals surface area contributed by atoms with Crippen molar-refractivity contribution in [2.45, 2.75) is 17.5 Å². The summed E-state index contributed by atoms with van der Waals surface area (Å²) in [4.78, 5) is 8.64. The lowest BCUT2D eigenvalue weighted by atomic mass is 10.2. The monoisotopic (exact) mass is 417 g/mol. The fraction of sp³-hybridized carbons (Fsp3) is 0.111. The number of rotatable bonds is 7. The lowest BCUT2D eigenvalue weighted by Crippen LogP contribution is -1.97. The Morgan fingerprint density at radius 3 is 2.64 bits per heavy atom. The first-order chi connectivity index (χ1) is 13.7. The van der Waals surface area contributed by atoms with Gasteiger partial charge in [0.25, 0.3) is 0 Å². The van der Waals surface area contributed by atoms with Crippen LogP contribution in [-0.2, 0) is 12.4 Å². The Balaban J connectivity index is 1.31. The highest BCUT2D eigenvalue weighted by Crippen LogP contribution is 2.22. The molecule has 7 nitrogen and oxygen atoms in total. The van der Waals surface area contributed by atoms with Crippen LogP contribution in [0.5, 0.6) is 5.75 Å². The molecule has 0 unspecified atom stereocenters. The normalized spacial score (nSPS) is 10.9. The molecule has 0 aliphatic carbocycles. The van der Waals surface area contributed by atoms with E-state index < -0.39 is 0 Å². The zero-order chi connectivity index (χ0) is 19.3. The summed E-state index contributed by atoms with van der Waals surface area (Å²) in [5.74, 6) is 2.20. The summed E-state index contributed by atoms with van der Waals surface area (Å²) >= 11 is 7.19. The molecule has 4 aromatic rings. The fourth-order valence-corrected chi connectivity index (χ4v) is 3.03. The lowest BCUT2D eigenvalue weighted by Gasteiger charge is -2.02. The first-order valence-corrected chi connectivity index (χ1v) is 9.53. The van der Waals surface area contributed by atoms with E-state index in [1.165, 1.54) is 23.9 Å². The summed E-state index contributed by atoms with van der Waals surface area (Å²) in [6, 6.07) is 13.0. The first kappa shape index (κ1) is 18.5. The van der Waals surface area contributed by atoms with Gasteiger partial charge in [-0.25, -0.2) is 9.37 Å². The Morgan fingerprint density at radius 2 is 1.86 bits per heavy atom. The van der Waals surface area contributed by atoms with Gasteiger partial charge in [0.1, 0.15) is 18.2 Å². The van der Waals surface area contributed by atoms with E-state index in [1.54, 1.807) is 36.4 Å². The van der Waals surface area contributed by atoms with Crippen LogP contribution in [0.3, 0.4) is 0 Å². The third-order valence-electron chi connectivity index (χ3n) is 3.60. The second-order valence-electron chi connectivity index (χ2n) is 5.61. The number of thioether (sulfide) groups is 1. The number of hydrogen-bond donors (Lipinski definition) is 1. The van der Waals surface area contributed by atoms with E-state index in [4.69, 9.17) is 20.9 Å². The van der Waals surface area contributed by atoms with Crippen LogP contribution < -0.4 is 4.74 Å². The SMILES string of the molecule is Fc1ccc(-c2noc(CSc3n[nH]c(COc4ccc(Cl)cc4)n3)n2)cc1. The van der Waals surface area contributed by atoms with Crippen LogP contribution in [0.1, 0.15) is 11.7 Å². The summed E-state index contributed by atoms with van der Waals surface area (Å²) in [7, 11) is 0. The zero-order valence-electron chi connectivity index (χ0n) is 14.3. The van der Waals surface area contributed by atoms with E-state index in [-0.39, 0.29) is 12.4 Å². The lowest BCUT2D eigenvalue weighted by molar-refractivity contribution is 0.296. The predicted octanol–water partition coefficient (Wildman–Crippen LogP) is 4.52. The minimum atomic E-state index is -0.316. The summed E-state index contributed by atoms with van der Waals surface area (Å²) in [5, 5.41) is 12.0. The van der Waals surface area contributed by atoms with Gasteiger partial charge in [-0.3, -0.25) is 5.10 Å². The molecule has 10 heteroatoms. The van der Waals surface area contributed by atoms with Crippen LogP contribution in [0.2, 0.25) is 5.02 Å². The molecule has 0 aliphatic rings. The van der Waals surface area contributed by atoms with Crippen molar-refractivity contribution in [3.05, 3.63) is 71.1 Å². The summed E-state index contributed by atoms with van der Waals surface area (Å²) in [5.41, 5.74) is 0.681. The fourth-order valence-electron chi connectivity index (χ4n) is 2.25. The number of H-pyrrole nitrogens is 1. The molecule has 1 N–H and O–H groups in total. The maximum absolute atomic E-state index is 13.0. The van der Waals surface area contributed by atoms with Gasteiger partial charge in [-0.05, 0) is 48.5 Å². The number of aromatic nitrogens is 5. The molecule has 0 amide bonds. The molecule has 0 atom stereocenters. The molecule has 0 radical (unpaired) electrons. The van der Waals surface area contributed by atoms with Crippen molar-refractivity contribution in [1.82, 2.24) is 25.3 Å². The molecular weight excluding hydrogens is 405 g/mol. The van der Waals surface area contributed by atoms with Crippen molar-refractivity contribution >= 4 is 23.4 Å². The van der Waals surface area contributed by atoms with Crippen LogP contribution in [-0.4, -0.2) is 25.3 Å². The van der Waals surface area contributed by atoms with Crippen LogP contribution in [0.4, 0.5) is 4.39 Å². The number of nitrogens with zero attached hydrogens (tertiary/aromatic N) is 4. The number of hydrogen-bond acceptors (Lipinski definition) is 7. The molecule has 0 saturated heterocycles. The smallest absolute Gasteiger partial charge is 0.237 e. The summed E-state index contributed by atoms with van der Waals surface area (Å²) in [6.45, 7) is 0.254. The van der Waals surface area contributed by atoms with Gasteiger partial charge in [-0.15, -0.1) is 5.10 Å². The molecule has 0 aliphatic heterocycles. The van der Waals surface area contributed by atoms with Crippen LogP contribution >= 0.6 is 23.4 Å². The van der Waals surface area contributed by atoms with Gasteiger partial charge in [0.2, 0.25) is 16.9 Å². The van der Waals surface area contributed by atoms with E-state index in [0.717, 1.165) is 0 Å². The Hall–Kier alpha value is -2.91. The molecule has 28 heavy (non-hydrogen) atoms. The molecule has 0 saturated carbocycles. The van der Waals surface area contributed by atoms with Crippen molar-refractivity contribution in [3.8, 4) is 17.1 Å². The second-order valence-corrected chi connectivity index (χ2v) is 6.99. The van der Waals surface area contributed by atoms with Crippen molar-refractivity contribution in [3.63, 3.8) is 0 Å². The average molecular weight is 418 g/mol. The van der Waals surface area contributed by atoms with Crippen molar-refractivity contribution < 1.29 is 13.7 Å². The summed E-state index contributed by atoms with van der Waals surface area (Å²) in [6.07, 6.45) is 0. The largest absolute Gasteiger partial charge is 0.486 e. The second kappa shape index (κ2) is 8.41. The molecular formula is C18H13ClFN5O2S. The highest BCUT2D eigenvalue weighted by Gasteiger charge is 2.11. The van der Waals surface area contributed by atoms with Gasteiger partial charge in [0.15, 0.2) is 5.82 Å². The molecule has 0 bridgehead atoms. The molecule has 0 fully saturated rings. The Bertz CT molecular complexity index is 1050. The maximum Gasteiger partial charge on any atom is 0.237 e. The highest BCUT2D eigenvalue weighted by molar-refractivity contribution is 7.98. The van der Waals surface area contributed by atoms with E-state index in [1.807, 2.05) is 0 Å². The van der Waals surface area contributed by atoms with Crippen molar-refractivity contribution in [2.24, 2.45) is 0 Å². The third kappa shape index (κ3) is 4.68. The minimum Gasteiger partial charge on any atom is -0.486 e. The number of benzene rings is 2. The van der Waals surface area contributed by atoms with Gasteiger partial charge in [0.05, 0.1) is 5.75 Å². The number of ether oxygens (including phenoxy) is 1. The topological polar surface area (TPSA) is 89.7 Å². The molecule has 0 spiro atoms.